The Hall–Kier alpha value is -4.86. The van der Waals surface area contributed by atoms with E-state index >= 15 is 0 Å². The van der Waals surface area contributed by atoms with Crippen molar-refractivity contribution < 1.29 is 31.9 Å². The number of carbonyl (C=O) groups is 3. The molecule has 11 nitrogen and oxygen atoms in total. The Morgan fingerprint density at radius 1 is 1.02 bits per heavy atom. The van der Waals surface area contributed by atoms with Crippen molar-refractivity contribution in [1.29, 1.82) is 0 Å². The standard InChI is InChI=1S/C38H46F4N8O3S/c1-5-22(3)31(47-30(51)18-24-10-7-8-13-28(24)39)34(52)49-37(15-14-29-26(19-37)25-11-9-12-27(33(25)46-29)38(40,41)42)36(53)48-32(23(4)6-2)35(54)44-16-17-50-21-43-20-45-50/h7-13,20-23,31-32,46H,5-6,14-19H2,1-4H3,(H,44,54)(H,47,51)(H,48,53)(H,49,52)/t22?,23-,31-,32?,37+/m0/s1. The number of benzene rings is 2. The highest BCUT2D eigenvalue weighted by Gasteiger charge is 2.47. The Labute approximate surface area is 316 Å². The van der Waals surface area contributed by atoms with Gasteiger partial charge in [-0.1, -0.05) is 83.1 Å². The number of aryl methyl sites for hydroxylation is 1. The molecule has 2 heterocycles. The summed E-state index contributed by atoms with van der Waals surface area (Å²) in [6.07, 6.45) is -0.754. The summed E-state index contributed by atoms with van der Waals surface area (Å²) >= 11 is 5.78. The summed E-state index contributed by atoms with van der Waals surface area (Å²) in [5.41, 5.74) is -1.38. The number of thiocarbonyl (C=S) groups is 1. The van der Waals surface area contributed by atoms with Gasteiger partial charge in [0.05, 0.1) is 35.1 Å². The minimum atomic E-state index is -4.62. The van der Waals surface area contributed by atoms with Crippen molar-refractivity contribution in [1.82, 2.24) is 41.0 Å². The van der Waals surface area contributed by atoms with Crippen LogP contribution in [0, 0.1) is 17.7 Å². The van der Waals surface area contributed by atoms with Gasteiger partial charge in [-0.25, -0.2) is 9.37 Å². The number of hydrogen-bond donors (Lipinski definition) is 5. The van der Waals surface area contributed by atoms with Crippen molar-refractivity contribution >= 4 is 45.8 Å². The number of fused-ring (bicyclic) bond motifs is 3. The predicted octanol–water partition coefficient (Wildman–Crippen LogP) is 5.18. The molecule has 0 spiro atoms. The molecular weight excluding hydrogens is 725 g/mol. The second-order valence-corrected chi connectivity index (χ2v) is 14.5. The average molecular weight is 771 g/mol. The van der Waals surface area contributed by atoms with Crippen molar-refractivity contribution in [2.45, 2.75) is 96.6 Å². The fourth-order valence-corrected chi connectivity index (χ4v) is 7.25. The van der Waals surface area contributed by atoms with Crippen molar-refractivity contribution in [3.05, 3.63) is 83.3 Å². The molecule has 0 bridgehead atoms. The van der Waals surface area contributed by atoms with E-state index in [9.17, 15) is 31.9 Å². The fraction of sp³-hybridized carbons (Fsp3) is 0.474. The van der Waals surface area contributed by atoms with E-state index in [1.165, 1.54) is 30.6 Å². The van der Waals surface area contributed by atoms with E-state index in [0.717, 1.165) is 6.07 Å². The fourth-order valence-electron chi connectivity index (χ4n) is 6.85. The lowest BCUT2D eigenvalue weighted by Crippen LogP contribution is -2.67. The minimum Gasteiger partial charge on any atom is -0.376 e. The highest BCUT2D eigenvalue weighted by molar-refractivity contribution is 7.80. The van der Waals surface area contributed by atoms with Crippen LogP contribution in [0.2, 0.25) is 0 Å². The van der Waals surface area contributed by atoms with Crippen molar-refractivity contribution in [3.63, 3.8) is 0 Å². The van der Waals surface area contributed by atoms with Crippen molar-refractivity contribution in [3.8, 4) is 0 Å². The summed E-state index contributed by atoms with van der Waals surface area (Å²) in [6, 6.07) is 7.97. The predicted molar refractivity (Wildman–Crippen MR) is 200 cm³/mol. The molecular formula is C38H46F4N8O3S. The van der Waals surface area contributed by atoms with Crippen molar-refractivity contribution in [2.75, 3.05) is 6.54 Å². The maximum absolute atomic E-state index is 14.8. The second-order valence-electron chi connectivity index (χ2n) is 14.0. The first-order valence-electron chi connectivity index (χ1n) is 18.1. The number of amides is 3. The second kappa shape index (κ2) is 17.1. The van der Waals surface area contributed by atoms with Crippen LogP contribution in [0.1, 0.15) is 69.3 Å². The smallest absolute Gasteiger partial charge is 0.376 e. The lowest BCUT2D eigenvalue weighted by atomic mass is 9.78. The molecule has 0 saturated carbocycles. The first kappa shape index (κ1) is 40.3. The molecule has 5 N–H and O–H groups in total. The number of aromatic amines is 1. The largest absolute Gasteiger partial charge is 0.418 e. The molecule has 4 aromatic rings. The molecule has 1 aliphatic carbocycles. The molecule has 0 radical (unpaired) electrons. The summed E-state index contributed by atoms with van der Waals surface area (Å²) in [5, 5.41) is 16.4. The molecule has 5 atom stereocenters. The van der Waals surface area contributed by atoms with Crippen molar-refractivity contribution in [2.24, 2.45) is 11.8 Å². The van der Waals surface area contributed by atoms with Crippen LogP contribution in [0.25, 0.3) is 10.9 Å². The van der Waals surface area contributed by atoms with E-state index in [1.807, 2.05) is 20.8 Å². The molecule has 5 rings (SSSR count). The van der Waals surface area contributed by atoms with Gasteiger partial charge in [0.2, 0.25) is 17.7 Å². The number of H-pyrrole nitrogens is 1. The van der Waals surface area contributed by atoms with Gasteiger partial charge in [0, 0.05) is 24.0 Å². The Bertz CT molecular complexity index is 1970. The van der Waals surface area contributed by atoms with E-state index < -0.39 is 58.8 Å². The van der Waals surface area contributed by atoms with Crippen LogP contribution >= 0.6 is 12.2 Å². The van der Waals surface area contributed by atoms with Gasteiger partial charge in [0.1, 0.15) is 30.1 Å². The zero-order chi connectivity index (χ0) is 39.2. The van der Waals surface area contributed by atoms with Gasteiger partial charge in [0.25, 0.3) is 0 Å². The third-order valence-electron chi connectivity index (χ3n) is 10.4. The molecule has 2 aromatic heterocycles. The number of alkyl halides is 3. The van der Waals surface area contributed by atoms with Crippen LogP contribution in [0.5, 0.6) is 0 Å². The molecule has 1 aliphatic rings. The molecule has 3 amide bonds. The number of rotatable bonds is 15. The molecule has 2 unspecified atom stereocenters. The van der Waals surface area contributed by atoms with Gasteiger partial charge in [-0.2, -0.15) is 18.3 Å². The molecule has 0 aliphatic heterocycles. The molecule has 54 heavy (non-hydrogen) atoms. The summed E-state index contributed by atoms with van der Waals surface area (Å²) < 4.78 is 58.2. The van der Waals surface area contributed by atoms with Gasteiger partial charge >= 0.3 is 6.18 Å². The molecule has 16 heteroatoms. The summed E-state index contributed by atoms with van der Waals surface area (Å²) in [5.74, 6) is -2.88. The Balaban J connectivity index is 1.47. The number of nitrogens with one attached hydrogen (secondary N) is 5. The maximum Gasteiger partial charge on any atom is 0.418 e. The highest BCUT2D eigenvalue weighted by Crippen LogP contribution is 2.40. The van der Waals surface area contributed by atoms with Crippen LogP contribution in [0.3, 0.4) is 0 Å². The van der Waals surface area contributed by atoms with Crippen LogP contribution in [0.15, 0.2) is 55.1 Å². The number of halogens is 4. The van der Waals surface area contributed by atoms with E-state index in [2.05, 4.69) is 36.3 Å². The third-order valence-corrected chi connectivity index (χ3v) is 10.8. The molecule has 290 valence electrons. The monoisotopic (exact) mass is 770 g/mol. The molecule has 0 saturated heterocycles. The lowest BCUT2D eigenvalue weighted by molar-refractivity contribution is -0.137. The summed E-state index contributed by atoms with van der Waals surface area (Å²) in [6.45, 7) is 8.38. The van der Waals surface area contributed by atoms with Gasteiger partial charge in [-0.3, -0.25) is 19.1 Å². The number of para-hydroxylation sites is 1. The highest BCUT2D eigenvalue weighted by atomic mass is 32.1. The topological polar surface area (TPSA) is 146 Å². The van der Waals surface area contributed by atoms with Gasteiger partial charge in [0.15, 0.2) is 0 Å². The van der Waals surface area contributed by atoms with E-state index in [1.54, 1.807) is 30.1 Å². The molecule has 0 fully saturated rings. The Morgan fingerprint density at radius 2 is 1.74 bits per heavy atom. The third kappa shape index (κ3) is 9.08. The Morgan fingerprint density at radius 3 is 2.41 bits per heavy atom. The van der Waals surface area contributed by atoms with Gasteiger partial charge < -0.3 is 26.3 Å². The average Bonchev–Trinajstić information content (AvgIpc) is 3.80. The van der Waals surface area contributed by atoms with E-state index in [-0.39, 0.29) is 42.7 Å². The maximum atomic E-state index is 14.8. The lowest BCUT2D eigenvalue weighted by Gasteiger charge is -2.40. The zero-order valence-corrected chi connectivity index (χ0v) is 31.5. The van der Waals surface area contributed by atoms with E-state index in [0.29, 0.717) is 47.6 Å². The Kier molecular flexibility index (Phi) is 12.8. The SMILES string of the molecule is CCC(C)[C@H](NC(=O)Cc1ccccc1F)C(=O)N[C@]1(C(=O)NC(C(=S)NCCn2cncn2)[C@@H](C)CC)CCc2[nH]c3c(C(F)(F)F)cccc3c2C1. The molecule has 2 aromatic carbocycles. The number of nitrogens with zero attached hydrogens (tertiary/aromatic N) is 3. The number of hydrogen-bond acceptors (Lipinski definition) is 6. The first-order chi connectivity index (χ1) is 25.7. The number of carbonyl (C=O) groups excluding carboxylic acids is 3. The van der Waals surface area contributed by atoms with Gasteiger partial charge in [-0.15, -0.1) is 0 Å². The summed E-state index contributed by atoms with van der Waals surface area (Å²) in [7, 11) is 0. The van der Waals surface area contributed by atoms with Crippen LogP contribution in [-0.2, 0) is 46.4 Å². The van der Waals surface area contributed by atoms with Crippen LogP contribution < -0.4 is 21.3 Å². The van der Waals surface area contributed by atoms with Gasteiger partial charge in [-0.05, 0) is 47.9 Å². The first-order valence-corrected chi connectivity index (χ1v) is 18.5. The summed E-state index contributed by atoms with van der Waals surface area (Å²) in [4.78, 5) is 49.6. The minimum absolute atomic E-state index is 0.0435. The number of aromatic nitrogens is 4. The quantitative estimate of drug-likeness (QED) is 0.0828. The van der Waals surface area contributed by atoms with E-state index in [4.69, 9.17) is 12.2 Å². The van der Waals surface area contributed by atoms with Crippen LogP contribution in [-0.4, -0.2) is 66.6 Å². The normalized spacial score (nSPS) is 17.9. The van der Waals surface area contributed by atoms with Crippen LogP contribution in [0.4, 0.5) is 17.6 Å². The zero-order valence-electron chi connectivity index (χ0n) is 30.6.